The molecule has 0 saturated heterocycles. The molecule has 102 valence electrons. The van der Waals surface area contributed by atoms with Crippen LogP contribution < -0.4 is 11.3 Å². The van der Waals surface area contributed by atoms with Gasteiger partial charge in [-0.05, 0) is 40.0 Å². The molecule has 0 heterocycles. The maximum absolute atomic E-state index is 13.2. The molecule has 4 heteroatoms. The van der Waals surface area contributed by atoms with Crippen LogP contribution in [0.15, 0.2) is 22.7 Å². The Morgan fingerprint density at radius 1 is 1.28 bits per heavy atom. The normalized spacial score (nSPS) is 12.7. The first-order valence-electron chi connectivity index (χ1n) is 6.60. The second-order valence-electron chi connectivity index (χ2n) is 4.60. The van der Waals surface area contributed by atoms with E-state index in [1.165, 1.54) is 31.7 Å². The molecule has 0 aliphatic carbocycles. The van der Waals surface area contributed by atoms with E-state index in [0.717, 1.165) is 18.4 Å². The minimum Gasteiger partial charge on any atom is -0.271 e. The Bertz CT molecular complexity index is 358. The molecule has 0 fully saturated rings. The van der Waals surface area contributed by atoms with Gasteiger partial charge in [0.25, 0.3) is 0 Å². The summed E-state index contributed by atoms with van der Waals surface area (Å²) in [6, 6.07) is 5.16. The molecule has 0 spiro atoms. The quantitative estimate of drug-likeness (QED) is 0.422. The van der Waals surface area contributed by atoms with E-state index in [9.17, 15) is 4.39 Å². The van der Waals surface area contributed by atoms with Crippen LogP contribution in [-0.2, 0) is 0 Å². The fraction of sp³-hybridized carbons (Fsp3) is 0.571. The van der Waals surface area contributed by atoms with Gasteiger partial charge in [-0.25, -0.2) is 4.39 Å². The summed E-state index contributed by atoms with van der Waals surface area (Å²) in [6.07, 6.45) is 7.18. The standard InChI is InChI=1S/C14H22BrFN2/c1-2-3-4-5-6-7-14(18-17)11-8-9-13(16)12(15)10-11/h8-10,14,18H,2-7,17H2,1H3. The van der Waals surface area contributed by atoms with Gasteiger partial charge in [-0.2, -0.15) is 0 Å². The molecule has 2 nitrogen and oxygen atoms in total. The Hall–Kier alpha value is -0.450. The molecule has 0 saturated carbocycles. The summed E-state index contributed by atoms with van der Waals surface area (Å²) in [4.78, 5) is 0. The highest BCUT2D eigenvalue weighted by Crippen LogP contribution is 2.24. The fourth-order valence-corrected chi connectivity index (χ4v) is 2.42. The second-order valence-corrected chi connectivity index (χ2v) is 5.45. The smallest absolute Gasteiger partial charge is 0.137 e. The van der Waals surface area contributed by atoms with Crippen LogP contribution in [0.2, 0.25) is 0 Å². The largest absolute Gasteiger partial charge is 0.271 e. The second kappa shape index (κ2) is 8.62. The molecule has 1 rings (SSSR count). The Kier molecular flexibility index (Phi) is 7.47. The van der Waals surface area contributed by atoms with Crippen LogP contribution in [0.4, 0.5) is 4.39 Å². The van der Waals surface area contributed by atoms with E-state index in [4.69, 9.17) is 5.84 Å². The molecule has 1 unspecified atom stereocenters. The molecule has 0 bridgehead atoms. The van der Waals surface area contributed by atoms with Crippen LogP contribution in [-0.4, -0.2) is 0 Å². The van der Waals surface area contributed by atoms with Crippen molar-refractivity contribution in [2.45, 2.75) is 51.5 Å². The van der Waals surface area contributed by atoms with Crippen LogP contribution in [0, 0.1) is 5.82 Å². The molecule has 18 heavy (non-hydrogen) atoms. The first-order valence-corrected chi connectivity index (χ1v) is 7.39. The monoisotopic (exact) mass is 316 g/mol. The number of hydrogen-bond acceptors (Lipinski definition) is 2. The first-order chi connectivity index (χ1) is 8.69. The van der Waals surface area contributed by atoms with Gasteiger partial charge in [-0.3, -0.25) is 11.3 Å². The van der Waals surface area contributed by atoms with Crippen LogP contribution in [0.3, 0.4) is 0 Å². The molecular weight excluding hydrogens is 295 g/mol. The minimum absolute atomic E-state index is 0.100. The van der Waals surface area contributed by atoms with E-state index in [1.807, 2.05) is 0 Å². The van der Waals surface area contributed by atoms with Gasteiger partial charge in [0, 0.05) is 6.04 Å². The summed E-state index contributed by atoms with van der Waals surface area (Å²) < 4.78 is 13.7. The summed E-state index contributed by atoms with van der Waals surface area (Å²) in [5.74, 6) is 5.34. The number of benzene rings is 1. The SMILES string of the molecule is CCCCCCCC(NN)c1ccc(F)c(Br)c1. The Morgan fingerprint density at radius 3 is 2.61 bits per heavy atom. The van der Waals surface area contributed by atoms with Crippen molar-refractivity contribution in [3.05, 3.63) is 34.1 Å². The average molecular weight is 317 g/mol. The molecule has 0 aliphatic rings. The molecule has 0 aromatic heterocycles. The van der Waals surface area contributed by atoms with Gasteiger partial charge in [0.2, 0.25) is 0 Å². The fourth-order valence-electron chi connectivity index (χ4n) is 2.03. The van der Waals surface area contributed by atoms with Gasteiger partial charge in [0.05, 0.1) is 4.47 Å². The highest BCUT2D eigenvalue weighted by molar-refractivity contribution is 9.10. The molecule has 0 aliphatic heterocycles. The Morgan fingerprint density at radius 2 is 2.00 bits per heavy atom. The van der Waals surface area contributed by atoms with Crippen molar-refractivity contribution in [2.24, 2.45) is 5.84 Å². The van der Waals surface area contributed by atoms with E-state index in [0.29, 0.717) is 4.47 Å². The zero-order valence-corrected chi connectivity index (χ0v) is 12.5. The van der Waals surface area contributed by atoms with Gasteiger partial charge < -0.3 is 0 Å². The van der Waals surface area contributed by atoms with Gasteiger partial charge in [0.15, 0.2) is 0 Å². The number of halogens is 2. The lowest BCUT2D eigenvalue weighted by Crippen LogP contribution is -2.28. The van der Waals surface area contributed by atoms with Crippen molar-refractivity contribution in [2.75, 3.05) is 0 Å². The maximum atomic E-state index is 13.2. The maximum Gasteiger partial charge on any atom is 0.137 e. The predicted molar refractivity (Wildman–Crippen MR) is 77.5 cm³/mol. The van der Waals surface area contributed by atoms with Gasteiger partial charge in [-0.15, -0.1) is 0 Å². The molecule has 1 aromatic rings. The van der Waals surface area contributed by atoms with E-state index in [-0.39, 0.29) is 11.9 Å². The Labute approximate surface area is 117 Å². The molecule has 0 amide bonds. The number of hydrogen-bond donors (Lipinski definition) is 2. The number of hydrazine groups is 1. The van der Waals surface area contributed by atoms with Crippen LogP contribution in [0.25, 0.3) is 0 Å². The van der Waals surface area contributed by atoms with Gasteiger partial charge in [0.1, 0.15) is 5.82 Å². The summed E-state index contributed by atoms with van der Waals surface area (Å²) in [6.45, 7) is 2.21. The number of rotatable bonds is 8. The third-order valence-electron chi connectivity index (χ3n) is 3.14. The molecule has 1 atom stereocenters. The highest BCUT2D eigenvalue weighted by Gasteiger charge is 2.11. The summed E-state index contributed by atoms with van der Waals surface area (Å²) in [7, 11) is 0. The summed E-state index contributed by atoms with van der Waals surface area (Å²) in [5.41, 5.74) is 3.84. The third kappa shape index (κ3) is 5.04. The van der Waals surface area contributed by atoms with Crippen molar-refractivity contribution in [1.29, 1.82) is 0 Å². The van der Waals surface area contributed by atoms with Gasteiger partial charge in [-0.1, -0.05) is 45.1 Å². The Balaban J connectivity index is 2.47. The van der Waals surface area contributed by atoms with Crippen molar-refractivity contribution < 1.29 is 4.39 Å². The van der Waals surface area contributed by atoms with Crippen LogP contribution >= 0.6 is 15.9 Å². The lowest BCUT2D eigenvalue weighted by atomic mass is 10.0. The lowest BCUT2D eigenvalue weighted by molar-refractivity contribution is 0.478. The van der Waals surface area contributed by atoms with Gasteiger partial charge >= 0.3 is 0 Å². The van der Waals surface area contributed by atoms with E-state index >= 15 is 0 Å². The zero-order valence-electron chi connectivity index (χ0n) is 10.9. The molecule has 3 N–H and O–H groups in total. The number of nitrogens with two attached hydrogens (primary N) is 1. The zero-order chi connectivity index (χ0) is 13.4. The first kappa shape index (κ1) is 15.6. The molecule has 1 aromatic carbocycles. The lowest BCUT2D eigenvalue weighted by Gasteiger charge is -2.16. The number of unbranched alkanes of at least 4 members (excludes halogenated alkanes) is 4. The van der Waals surface area contributed by atoms with Crippen LogP contribution in [0.5, 0.6) is 0 Å². The molecule has 0 radical (unpaired) electrons. The van der Waals surface area contributed by atoms with E-state index in [2.05, 4.69) is 28.3 Å². The third-order valence-corrected chi connectivity index (χ3v) is 3.75. The number of nitrogens with one attached hydrogen (secondary N) is 1. The molecular formula is C14H22BrFN2. The highest BCUT2D eigenvalue weighted by atomic mass is 79.9. The van der Waals surface area contributed by atoms with Crippen molar-refractivity contribution in [3.63, 3.8) is 0 Å². The van der Waals surface area contributed by atoms with Crippen molar-refractivity contribution in [3.8, 4) is 0 Å². The summed E-state index contributed by atoms with van der Waals surface area (Å²) in [5, 5.41) is 0. The average Bonchev–Trinajstić information content (AvgIpc) is 2.37. The predicted octanol–water partition coefficient (Wildman–Crippen LogP) is 4.45. The van der Waals surface area contributed by atoms with E-state index in [1.54, 1.807) is 12.1 Å². The summed E-state index contributed by atoms with van der Waals surface area (Å²) >= 11 is 3.20. The van der Waals surface area contributed by atoms with Crippen LogP contribution in [0.1, 0.15) is 57.1 Å². The topological polar surface area (TPSA) is 38.0 Å². The minimum atomic E-state index is -0.238. The van der Waals surface area contributed by atoms with E-state index < -0.39 is 0 Å². The van der Waals surface area contributed by atoms with Crippen molar-refractivity contribution in [1.82, 2.24) is 5.43 Å². The van der Waals surface area contributed by atoms with Crippen molar-refractivity contribution >= 4 is 15.9 Å².